The molecule has 4 rings (SSSR count). The fourth-order valence-corrected chi connectivity index (χ4v) is 4.26. The Bertz CT molecular complexity index is 1160. The molecule has 0 aliphatic carbocycles. The molecule has 27 heavy (non-hydrogen) atoms. The van der Waals surface area contributed by atoms with Gasteiger partial charge in [0.05, 0.1) is 11.9 Å². The van der Waals surface area contributed by atoms with E-state index < -0.39 is 0 Å². The lowest BCUT2D eigenvalue weighted by atomic mass is 10.0. The van der Waals surface area contributed by atoms with Crippen molar-refractivity contribution in [3.8, 4) is 11.1 Å². The number of benzene rings is 2. The number of halogens is 1. The second kappa shape index (κ2) is 7.18. The predicted molar refractivity (Wildman–Crippen MR) is 114 cm³/mol. The van der Waals surface area contributed by atoms with Crippen molar-refractivity contribution in [1.82, 2.24) is 9.97 Å². The lowest BCUT2D eigenvalue weighted by Gasteiger charge is -2.06. The summed E-state index contributed by atoms with van der Waals surface area (Å²) in [5.41, 5.74) is 4.03. The largest absolute Gasteiger partial charge is 0.378 e. The Morgan fingerprint density at radius 2 is 1.78 bits per heavy atom. The summed E-state index contributed by atoms with van der Waals surface area (Å²) >= 11 is 7.46. The highest BCUT2D eigenvalue weighted by atomic mass is 35.5. The molecule has 0 spiro atoms. The Morgan fingerprint density at radius 3 is 2.48 bits per heavy atom. The Labute approximate surface area is 165 Å². The van der Waals surface area contributed by atoms with Crippen LogP contribution in [0.4, 0.5) is 5.69 Å². The van der Waals surface area contributed by atoms with Gasteiger partial charge in [0, 0.05) is 21.2 Å². The maximum absolute atomic E-state index is 12.8. The number of thiophene rings is 1. The van der Waals surface area contributed by atoms with Gasteiger partial charge in [0.1, 0.15) is 10.7 Å². The Kier molecular flexibility index (Phi) is 4.72. The SMILES string of the molecule is Cc1ccc(-c2c(C)sc3nc(CNc4ccc(Cl)cc4)[nH]c(=O)c23)cc1. The first-order valence-corrected chi connectivity index (χ1v) is 9.79. The van der Waals surface area contributed by atoms with E-state index in [9.17, 15) is 4.79 Å². The van der Waals surface area contributed by atoms with Crippen LogP contribution in [0.1, 0.15) is 16.3 Å². The van der Waals surface area contributed by atoms with Gasteiger partial charge < -0.3 is 10.3 Å². The van der Waals surface area contributed by atoms with E-state index in [1.54, 1.807) is 11.3 Å². The first-order valence-electron chi connectivity index (χ1n) is 8.60. The van der Waals surface area contributed by atoms with Gasteiger partial charge in [-0.3, -0.25) is 4.79 Å². The summed E-state index contributed by atoms with van der Waals surface area (Å²) in [5.74, 6) is 0.610. The predicted octanol–water partition coefficient (Wildman–Crippen LogP) is 5.53. The van der Waals surface area contributed by atoms with Crippen molar-refractivity contribution < 1.29 is 0 Å². The molecule has 4 nitrogen and oxygen atoms in total. The van der Waals surface area contributed by atoms with Crippen molar-refractivity contribution in [3.05, 3.63) is 80.2 Å². The molecule has 0 saturated heterocycles. The fourth-order valence-electron chi connectivity index (χ4n) is 3.07. The standard InChI is InChI=1S/C21H18ClN3OS/c1-12-3-5-14(6-4-12)18-13(2)27-21-19(18)20(26)24-17(25-21)11-23-16-9-7-15(22)8-10-16/h3-10,23H,11H2,1-2H3,(H,24,25,26). The molecular formula is C21H18ClN3OS. The van der Waals surface area contributed by atoms with Gasteiger partial charge >= 0.3 is 0 Å². The smallest absolute Gasteiger partial charge is 0.260 e. The lowest BCUT2D eigenvalue weighted by molar-refractivity contribution is 0.957. The van der Waals surface area contributed by atoms with E-state index in [0.717, 1.165) is 26.5 Å². The van der Waals surface area contributed by atoms with E-state index in [2.05, 4.69) is 46.5 Å². The number of nitrogens with one attached hydrogen (secondary N) is 2. The molecule has 0 bridgehead atoms. The molecule has 0 aliphatic heterocycles. The van der Waals surface area contributed by atoms with Gasteiger partial charge in [-0.05, 0) is 43.7 Å². The maximum atomic E-state index is 12.8. The number of H-pyrrole nitrogens is 1. The number of anilines is 1. The van der Waals surface area contributed by atoms with Gasteiger partial charge in [-0.1, -0.05) is 41.4 Å². The summed E-state index contributed by atoms with van der Waals surface area (Å²) < 4.78 is 0. The van der Waals surface area contributed by atoms with Gasteiger partial charge in [-0.2, -0.15) is 0 Å². The first kappa shape index (κ1) is 17.8. The highest BCUT2D eigenvalue weighted by Gasteiger charge is 2.16. The number of fused-ring (bicyclic) bond motifs is 1. The van der Waals surface area contributed by atoms with E-state index in [0.29, 0.717) is 22.8 Å². The minimum atomic E-state index is -0.104. The van der Waals surface area contributed by atoms with E-state index in [-0.39, 0.29) is 5.56 Å². The number of rotatable bonds is 4. The summed E-state index contributed by atoms with van der Waals surface area (Å²) in [6.07, 6.45) is 0. The van der Waals surface area contributed by atoms with Crippen LogP contribution in [0.15, 0.2) is 53.3 Å². The summed E-state index contributed by atoms with van der Waals surface area (Å²) in [6.45, 7) is 4.52. The van der Waals surface area contributed by atoms with Gasteiger partial charge in [0.25, 0.3) is 5.56 Å². The highest BCUT2D eigenvalue weighted by Crippen LogP contribution is 2.35. The van der Waals surface area contributed by atoms with Crippen molar-refractivity contribution in [2.24, 2.45) is 0 Å². The molecule has 0 atom stereocenters. The third-order valence-corrected chi connectivity index (χ3v) is 5.68. The Morgan fingerprint density at radius 1 is 1.07 bits per heavy atom. The van der Waals surface area contributed by atoms with Crippen LogP contribution in [0.3, 0.4) is 0 Å². The van der Waals surface area contributed by atoms with Crippen molar-refractivity contribution >= 4 is 38.8 Å². The average Bonchev–Trinajstić information content (AvgIpc) is 2.98. The second-order valence-electron chi connectivity index (χ2n) is 6.45. The van der Waals surface area contributed by atoms with Crippen LogP contribution >= 0.6 is 22.9 Å². The topological polar surface area (TPSA) is 57.8 Å². The molecule has 2 aromatic carbocycles. The fraction of sp³-hybridized carbons (Fsp3) is 0.143. The van der Waals surface area contributed by atoms with Gasteiger partial charge in [-0.25, -0.2) is 4.98 Å². The molecule has 0 amide bonds. The minimum absolute atomic E-state index is 0.104. The molecule has 2 aromatic heterocycles. The molecule has 2 N–H and O–H groups in total. The zero-order valence-corrected chi connectivity index (χ0v) is 16.5. The molecule has 4 aromatic rings. The first-order chi connectivity index (χ1) is 13.0. The normalized spacial score (nSPS) is 11.1. The van der Waals surface area contributed by atoms with Crippen LogP contribution in [-0.2, 0) is 6.54 Å². The number of hydrogen-bond acceptors (Lipinski definition) is 4. The molecular weight excluding hydrogens is 378 g/mol. The quantitative estimate of drug-likeness (QED) is 0.477. The molecule has 0 saturated carbocycles. The van der Waals surface area contributed by atoms with E-state index in [1.165, 1.54) is 5.56 Å². The molecule has 6 heteroatoms. The number of aromatic amines is 1. The number of hydrogen-bond donors (Lipinski definition) is 2. The summed E-state index contributed by atoms with van der Waals surface area (Å²) in [6, 6.07) is 15.7. The summed E-state index contributed by atoms with van der Waals surface area (Å²) in [5, 5.41) is 4.60. The molecule has 0 radical (unpaired) electrons. The molecule has 0 unspecified atom stereocenters. The van der Waals surface area contributed by atoms with Gasteiger partial charge in [-0.15, -0.1) is 11.3 Å². The second-order valence-corrected chi connectivity index (χ2v) is 8.09. The maximum Gasteiger partial charge on any atom is 0.260 e. The molecule has 0 aliphatic rings. The number of aromatic nitrogens is 2. The van der Waals surface area contributed by atoms with Crippen LogP contribution < -0.4 is 10.9 Å². The Balaban J connectivity index is 1.69. The van der Waals surface area contributed by atoms with Crippen LogP contribution in [0.25, 0.3) is 21.3 Å². The summed E-state index contributed by atoms with van der Waals surface area (Å²) in [7, 11) is 0. The third kappa shape index (κ3) is 3.61. The Hall–Kier alpha value is -2.63. The van der Waals surface area contributed by atoms with Crippen molar-refractivity contribution in [1.29, 1.82) is 0 Å². The highest BCUT2D eigenvalue weighted by molar-refractivity contribution is 7.19. The van der Waals surface area contributed by atoms with Crippen LogP contribution in [-0.4, -0.2) is 9.97 Å². The van der Waals surface area contributed by atoms with Crippen molar-refractivity contribution in [2.45, 2.75) is 20.4 Å². The van der Waals surface area contributed by atoms with Crippen LogP contribution in [0.2, 0.25) is 5.02 Å². The zero-order valence-electron chi connectivity index (χ0n) is 15.0. The van der Waals surface area contributed by atoms with Gasteiger partial charge in [0.2, 0.25) is 0 Å². The van der Waals surface area contributed by atoms with Crippen molar-refractivity contribution in [3.63, 3.8) is 0 Å². The van der Waals surface area contributed by atoms with Crippen molar-refractivity contribution in [2.75, 3.05) is 5.32 Å². The molecule has 2 heterocycles. The average molecular weight is 396 g/mol. The van der Waals surface area contributed by atoms with E-state index in [1.807, 2.05) is 31.2 Å². The van der Waals surface area contributed by atoms with Gasteiger partial charge in [0.15, 0.2) is 0 Å². The number of nitrogens with zero attached hydrogens (tertiary/aromatic N) is 1. The monoisotopic (exact) mass is 395 g/mol. The van der Waals surface area contributed by atoms with E-state index >= 15 is 0 Å². The summed E-state index contributed by atoms with van der Waals surface area (Å²) in [4.78, 5) is 22.2. The lowest BCUT2D eigenvalue weighted by Crippen LogP contribution is -2.14. The van der Waals surface area contributed by atoms with Crippen LogP contribution in [0, 0.1) is 13.8 Å². The number of aryl methyl sites for hydroxylation is 2. The zero-order chi connectivity index (χ0) is 19.0. The molecule has 0 fully saturated rings. The third-order valence-electron chi connectivity index (χ3n) is 4.43. The van der Waals surface area contributed by atoms with E-state index in [4.69, 9.17) is 11.6 Å². The van der Waals surface area contributed by atoms with Crippen LogP contribution in [0.5, 0.6) is 0 Å². The minimum Gasteiger partial charge on any atom is -0.378 e. The molecule has 136 valence electrons.